The molecule has 0 aliphatic carbocycles. The van der Waals surface area contributed by atoms with Crippen molar-refractivity contribution in [2.24, 2.45) is 0 Å². The van der Waals surface area contributed by atoms with Gasteiger partial charge in [-0.2, -0.15) is 0 Å². The fourth-order valence-electron chi connectivity index (χ4n) is 3.01. The molecule has 0 saturated carbocycles. The maximum Gasteiger partial charge on any atom is 0.0868 e. The summed E-state index contributed by atoms with van der Waals surface area (Å²) in [4.78, 5) is 4.55. The molecule has 0 N–H and O–H groups in total. The van der Waals surface area contributed by atoms with Crippen LogP contribution in [0.5, 0.6) is 0 Å². The van der Waals surface area contributed by atoms with E-state index in [1.807, 2.05) is 12.3 Å². The van der Waals surface area contributed by atoms with Gasteiger partial charge in [-0.25, -0.2) is 0 Å². The van der Waals surface area contributed by atoms with Crippen molar-refractivity contribution in [3.05, 3.63) is 48.7 Å². The quantitative estimate of drug-likeness (QED) is 0.730. The molecule has 1 nitrogen and oxygen atoms in total. The van der Waals surface area contributed by atoms with E-state index in [1.54, 1.807) is 5.19 Å². The highest BCUT2D eigenvalue weighted by Crippen LogP contribution is 2.25. The Morgan fingerprint density at radius 1 is 0.842 bits per heavy atom. The normalized spacial score (nSPS) is 11.5. The minimum atomic E-state index is -1.36. The van der Waals surface area contributed by atoms with E-state index >= 15 is 0 Å². The first kappa shape index (κ1) is 14.0. The summed E-state index contributed by atoms with van der Waals surface area (Å²) in [7, 11) is -1.36. The van der Waals surface area contributed by atoms with E-state index in [0.717, 1.165) is 5.69 Å². The van der Waals surface area contributed by atoms with Crippen molar-refractivity contribution in [3.63, 3.8) is 0 Å². The monoisotopic (exact) mass is 269 g/mol. The molecule has 19 heavy (non-hydrogen) atoms. The molecule has 2 heteroatoms. The van der Waals surface area contributed by atoms with Gasteiger partial charge in [0.25, 0.3) is 0 Å². The van der Waals surface area contributed by atoms with E-state index in [2.05, 4.69) is 62.2 Å². The largest absolute Gasteiger partial charge is 0.256 e. The van der Waals surface area contributed by atoms with Crippen LogP contribution in [0.2, 0.25) is 18.1 Å². The molecule has 0 radical (unpaired) electrons. The molecule has 2 rings (SSSR count). The lowest BCUT2D eigenvalue weighted by Gasteiger charge is -2.30. The summed E-state index contributed by atoms with van der Waals surface area (Å²) in [6.07, 6.45) is 1.89. The van der Waals surface area contributed by atoms with E-state index in [-0.39, 0.29) is 0 Å². The number of hydrogen-bond acceptors (Lipinski definition) is 1. The molecule has 2 aromatic rings. The van der Waals surface area contributed by atoms with Gasteiger partial charge < -0.3 is 0 Å². The Balaban J connectivity index is 2.59. The van der Waals surface area contributed by atoms with Gasteiger partial charge in [-0.1, -0.05) is 74.4 Å². The molecule has 0 aliphatic rings. The Morgan fingerprint density at radius 3 is 2.05 bits per heavy atom. The summed E-state index contributed by atoms with van der Waals surface area (Å²) in [6, 6.07) is 19.0. The summed E-state index contributed by atoms with van der Waals surface area (Å²) in [5.74, 6) is 0. The van der Waals surface area contributed by atoms with Crippen LogP contribution in [-0.2, 0) is 0 Å². The number of nitrogens with zero attached hydrogens (tertiary/aromatic N) is 1. The predicted octanol–water partition coefficient (Wildman–Crippen LogP) is 4.46. The van der Waals surface area contributed by atoms with Crippen molar-refractivity contribution in [2.75, 3.05) is 0 Å². The maximum absolute atomic E-state index is 4.55. The molecule has 0 atom stereocenters. The standard InChI is InChI=1S/C17H23NSi/c1-4-19(5-2,6-3)17-13-8-7-11-15(17)16-12-9-10-14-18-16/h7-14H,4-6H2,1-3H3. The van der Waals surface area contributed by atoms with Crippen LogP contribution in [0.4, 0.5) is 0 Å². The Kier molecular flexibility index (Phi) is 4.54. The maximum atomic E-state index is 4.55. The average molecular weight is 269 g/mol. The van der Waals surface area contributed by atoms with E-state index in [1.165, 1.54) is 23.7 Å². The fraction of sp³-hybridized carbons (Fsp3) is 0.353. The van der Waals surface area contributed by atoms with Crippen LogP contribution in [0.25, 0.3) is 11.3 Å². The molecule has 0 aliphatic heterocycles. The second-order valence-corrected chi connectivity index (χ2v) is 10.3. The Bertz CT molecular complexity index is 510. The lowest BCUT2D eigenvalue weighted by molar-refractivity contribution is 1.19. The minimum Gasteiger partial charge on any atom is -0.256 e. The first-order chi connectivity index (χ1) is 9.27. The number of rotatable bonds is 5. The fourth-order valence-corrected chi connectivity index (χ4v) is 6.89. The lowest BCUT2D eigenvalue weighted by atomic mass is 10.1. The number of aromatic nitrogens is 1. The third-order valence-corrected chi connectivity index (χ3v) is 10.1. The van der Waals surface area contributed by atoms with Crippen molar-refractivity contribution < 1.29 is 0 Å². The molecule has 0 fully saturated rings. The van der Waals surface area contributed by atoms with Gasteiger partial charge in [0.15, 0.2) is 0 Å². The highest BCUT2D eigenvalue weighted by molar-refractivity contribution is 6.92. The van der Waals surface area contributed by atoms with Crippen molar-refractivity contribution in [1.82, 2.24) is 4.98 Å². The van der Waals surface area contributed by atoms with Gasteiger partial charge in [-0.3, -0.25) is 4.98 Å². The molecular weight excluding hydrogens is 246 g/mol. The van der Waals surface area contributed by atoms with Crippen molar-refractivity contribution in [3.8, 4) is 11.3 Å². The summed E-state index contributed by atoms with van der Waals surface area (Å²) >= 11 is 0. The zero-order valence-corrected chi connectivity index (χ0v) is 13.2. The molecule has 1 aromatic heterocycles. The summed E-state index contributed by atoms with van der Waals surface area (Å²) in [5, 5.41) is 1.58. The third kappa shape index (κ3) is 2.64. The number of benzene rings is 1. The van der Waals surface area contributed by atoms with Crippen LogP contribution < -0.4 is 5.19 Å². The lowest BCUT2D eigenvalue weighted by Crippen LogP contribution is -2.46. The van der Waals surface area contributed by atoms with Crippen molar-refractivity contribution in [2.45, 2.75) is 38.9 Å². The third-order valence-electron chi connectivity index (χ3n) is 4.47. The van der Waals surface area contributed by atoms with Crippen LogP contribution in [0.3, 0.4) is 0 Å². The zero-order chi connectivity index (χ0) is 13.7. The van der Waals surface area contributed by atoms with Gasteiger partial charge in [0.1, 0.15) is 0 Å². The van der Waals surface area contributed by atoms with Gasteiger partial charge in [0, 0.05) is 6.20 Å². The van der Waals surface area contributed by atoms with Crippen LogP contribution in [0, 0.1) is 0 Å². The molecule has 0 unspecified atom stereocenters. The van der Waals surface area contributed by atoms with Gasteiger partial charge in [0.2, 0.25) is 0 Å². The SMILES string of the molecule is CC[Si](CC)(CC)c1ccccc1-c1ccccn1. The first-order valence-corrected chi connectivity index (χ1v) is 9.90. The van der Waals surface area contributed by atoms with E-state index in [9.17, 15) is 0 Å². The topological polar surface area (TPSA) is 12.9 Å². The van der Waals surface area contributed by atoms with Crippen LogP contribution in [0.15, 0.2) is 48.7 Å². The molecule has 0 bridgehead atoms. The second-order valence-electron chi connectivity index (χ2n) is 5.10. The van der Waals surface area contributed by atoms with Crippen LogP contribution in [-0.4, -0.2) is 13.1 Å². The number of hydrogen-bond donors (Lipinski definition) is 0. The van der Waals surface area contributed by atoms with E-state index in [0.29, 0.717) is 0 Å². The Morgan fingerprint density at radius 2 is 1.47 bits per heavy atom. The minimum absolute atomic E-state index is 1.12. The smallest absolute Gasteiger partial charge is 0.0868 e. The predicted molar refractivity (Wildman–Crippen MR) is 86.5 cm³/mol. The summed E-state index contributed by atoms with van der Waals surface area (Å²) < 4.78 is 0. The Hall–Kier alpha value is -1.41. The second kappa shape index (κ2) is 6.16. The van der Waals surface area contributed by atoms with Crippen LogP contribution >= 0.6 is 0 Å². The molecule has 1 aromatic carbocycles. The first-order valence-electron chi connectivity index (χ1n) is 7.28. The van der Waals surface area contributed by atoms with E-state index in [4.69, 9.17) is 0 Å². The molecule has 0 spiro atoms. The highest BCUT2D eigenvalue weighted by Gasteiger charge is 2.31. The summed E-state index contributed by atoms with van der Waals surface area (Å²) in [6.45, 7) is 7.07. The molecule has 1 heterocycles. The van der Waals surface area contributed by atoms with Gasteiger partial charge in [-0.15, -0.1) is 0 Å². The van der Waals surface area contributed by atoms with Gasteiger partial charge in [-0.05, 0) is 17.7 Å². The van der Waals surface area contributed by atoms with Crippen molar-refractivity contribution in [1.29, 1.82) is 0 Å². The van der Waals surface area contributed by atoms with E-state index < -0.39 is 8.07 Å². The highest BCUT2D eigenvalue weighted by atomic mass is 28.3. The molecule has 100 valence electrons. The van der Waals surface area contributed by atoms with Crippen LogP contribution in [0.1, 0.15) is 20.8 Å². The average Bonchev–Trinajstić information content (AvgIpc) is 2.51. The zero-order valence-electron chi connectivity index (χ0n) is 12.2. The Labute approximate surface area is 117 Å². The summed E-state index contributed by atoms with van der Waals surface area (Å²) in [5.41, 5.74) is 2.46. The molecular formula is C17H23NSi. The van der Waals surface area contributed by atoms with Gasteiger partial charge >= 0.3 is 0 Å². The number of pyridine rings is 1. The van der Waals surface area contributed by atoms with Gasteiger partial charge in [0.05, 0.1) is 13.8 Å². The molecule has 0 amide bonds. The van der Waals surface area contributed by atoms with Crippen molar-refractivity contribution >= 4 is 13.3 Å². The molecule has 0 saturated heterocycles.